The van der Waals surface area contributed by atoms with Crippen LogP contribution in [0.3, 0.4) is 0 Å². The topological polar surface area (TPSA) is 93.2 Å². The molecule has 1 aliphatic carbocycles. The normalized spacial score (nSPS) is 23.6. The fourth-order valence-corrected chi connectivity index (χ4v) is 3.63. The first-order valence-corrected chi connectivity index (χ1v) is 8.25. The predicted molar refractivity (Wildman–Crippen MR) is 87.7 cm³/mol. The zero-order valence-corrected chi connectivity index (χ0v) is 14.5. The number of nitrogens with one attached hydrogen (secondary N) is 1. The summed E-state index contributed by atoms with van der Waals surface area (Å²) >= 11 is 0. The van der Waals surface area contributed by atoms with Crippen molar-refractivity contribution in [3.05, 3.63) is 34.8 Å². The lowest BCUT2D eigenvalue weighted by molar-refractivity contribution is 0.0915. The third-order valence-corrected chi connectivity index (χ3v) is 5.08. The molecule has 3 rings (SSSR count). The Morgan fingerprint density at radius 2 is 2.12 bits per heavy atom. The van der Waals surface area contributed by atoms with E-state index in [0.29, 0.717) is 24.3 Å². The van der Waals surface area contributed by atoms with Gasteiger partial charge < -0.3 is 19.4 Å². The SMILES string of the molecule is Cc1oc(C)c(C(=O)NC[C@H]2C[C@H](c3nncn3C)C[C@H]2O)c1C. The number of furan rings is 1. The van der Waals surface area contributed by atoms with Crippen LogP contribution in [0.4, 0.5) is 0 Å². The molecule has 0 radical (unpaired) electrons. The van der Waals surface area contributed by atoms with E-state index in [0.717, 1.165) is 23.6 Å². The molecule has 3 atom stereocenters. The number of aryl methyl sites for hydroxylation is 3. The number of carbonyl (C=O) groups excluding carboxylic acids is 1. The highest BCUT2D eigenvalue weighted by molar-refractivity contribution is 5.96. The lowest BCUT2D eigenvalue weighted by Crippen LogP contribution is -2.32. The Bertz CT molecular complexity index is 749. The zero-order valence-electron chi connectivity index (χ0n) is 14.5. The molecular formula is C17H24N4O3. The van der Waals surface area contributed by atoms with Crippen LogP contribution >= 0.6 is 0 Å². The molecule has 0 saturated heterocycles. The van der Waals surface area contributed by atoms with Gasteiger partial charge >= 0.3 is 0 Å². The summed E-state index contributed by atoms with van der Waals surface area (Å²) in [6.07, 6.45) is 2.66. The summed E-state index contributed by atoms with van der Waals surface area (Å²) < 4.78 is 7.40. The Balaban J connectivity index is 1.63. The van der Waals surface area contributed by atoms with E-state index in [1.54, 1.807) is 13.3 Å². The van der Waals surface area contributed by atoms with Gasteiger partial charge in [0.05, 0.1) is 11.7 Å². The highest BCUT2D eigenvalue weighted by Crippen LogP contribution is 2.37. The molecule has 1 aliphatic rings. The van der Waals surface area contributed by atoms with Crippen molar-refractivity contribution in [2.24, 2.45) is 13.0 Å². The highest BCUT2D eigenvalue weighted by atomic mass is 16.3. The van der Waals surface area contributed by atoms with Crippen LogP contribution in [0.15, 0.2) is 10.7 Å². The van der Waals surface area contributed by atoms with Crippen molar-refractivity contribution in [3.8, 4) is 0 Å². The van der Waals surface area contributed by atoms with Crippen LogP contribution < -0.4 is 5.32 Å². The molecule has 1 fully saturated rings. The van der Waals surface area contributed by atoms with E-state index in [1.807, 2.05) is 25.5 Å². The summed E-state index contributed by atoms with van der Waals surface area (Å²) in [4.78, 5) is 12.4. The number of carbonyl (C=O) groups is 1. The molecule has 7 nitrogen and oxygen atoms in total. The lowest BCUT2D eigenvalue weighted by Gasteiger charge is -2.15. The van der Waals surface area contributed by atoms with E-state index in [1.165, 1.54) is 0 Å². The third-order valence-electron chi connectivity index (χ3n) is 5.08. The number of amides is 1. The molecule has 1 saturated carbocycles. The second kappa shape index (κ2) is 6.39. The number of aliphatic hydroxyl groups is 1. The van der Waals surface area contributed by atoms with Crippen molar-refractivity contribution in [1.82, 2.24) is 20.1 Å². The lowest BCUT2D eigenvalue weighted by atomic mass is 10.0. The van der Waals surface area contributed by atoms with Crippen LogP contribution in [-0.2, 0) is 7.05 Å². The quantitative estimate of drug-likeness (QED) is 0.887. The summed E-state index contributed by atoms with van der Waals surface area (Å²) in [7, 11) is 1.91. The maximum Gasteiger partial charge on any atom is 0.255 e. The second-order valence-corrected chi connectivity index (χ2v) is 6.72. The summed E-state index contributed by atoms with van der Waals surface area (Å²) in [5.74, 6) is 2.34. The molecule has 2 N–H and O–H groups in total. The predicted octanol–water partition coefficient (Wildman–Crippen LogP) is 1.62. The minimum atomic E-state index is -0.444. The van der Waals surface area contributed by atoms with Gasteiger partial charge in [0.2, 0.25) is 0 Å². The molecule has 0 aromatic carbocycles. The maximum atomic E-state index is 12.4. The van der Waals surface area contributed by atoms with Crippen molar-refractivity contribution >= 4 is 5.91 Å². The number of rotatable bonds is 4. The first-order valence-electron chi connectivity index (χ1n) is 8.25. The van der Waals surface area contributed by atoms with Gasteiger partial charge in [0.25, 0.3) is 5.91 Å². The number of aromatic nitrogens is 3. The smallest absolute Gasteiger partial charge is 0.255 e. The first kappa shape index (κ1) is 16.7. The van der Waals surface area contributed by atoms with Gasteiger partial charge in [-0.05, 0) is 33.6 Å². The van der Waals surface area contributed by atoms with Gasteiger partial charge in [-0.25, -0.2) is 0 Å². The molecule has 2 heterocycles. The van der Waals surface area contributed by atoms with Gasteiger partial charge in [-0.3, -0.25) is 4.79 Å². The summed E-state index contributed by atoms with van der Waals surface area (Å²) in [6.45, 7) is 5.97. The van der Waals surface area contributed by atoms with Crippen LogP contribution in [0.2, 0.25) is 0 Å². The maximum absolute atomic E-state index is 12.4. The molecule has 24 heavy (non-hydrogen) atoms. The molecule has 2 aromatic heterocycles. The van der Waals surface area contributed by atoms with Crippen molar-refractivity contribution in [3.63, 3.8) is 0 Å². The Morgan fingerprint density at radius 3 is 2.71 bits per heavy atom. The van der Waals surface area contributed by atoms with Crippen molar-refractivity contribution < 1.29 is 14.3 Å². The molecule has 0 bridgehead atoms. The summed E-state index contributed by atoms with van der Waals surface area (Å²) in [5, 5.41) is 21.3. The van der Waals surface area contributed by atoms with E-state index in [9.17, 15) is 9.90 Å². The van der Waals surface area contributed by atoms with E-state index in [4.69, 9.17) is 4.42 Å². The zero-order chi connectivity index (χ0) is 17.4. The third kappa shape index (κ3) is 2.96. The van der Waals surface area contributed by atoms with Crippen LogP contribution in [0.1, 0.15) is 52.0 Å². The van der Waals surface area contributed by atoms with Gasteiger partial charge in [-0.1, -0.05) is 0 Å². The van der Waals surface area contributed by atoms with Gasteiger partial charge in [0, 0.05) is 31.0 Å². The van der Waals surface area contributed by atoms with Crippen molar-refractivity contribution in [1.29, 1.82) is 0 Å². The molecule has 0 unspecified atom stereocenters. The fraction of sp³-hybridized carbons (Fsp3) is 0.588. The van der Waals surface area contributed by atoms with Gasteiger partial charge in [-0.15, -0.1) is 10.2 Å². The van der Waals surface area contributed by atoms with Crippen LogP contribution in [0, 0.1) is 26.7 Å². The van der Waals surface area contributed by atoms with E-state index in [2.05, 4.69) is 15.5 Å². The largest absolute Gasteiger partial charge is 0.466 e. The second-order valence-electron chi connectivity index (χ2n) is 6.72. The molecule has 0 aliphatic heterocycles. The molecular weight excluding hydrogens is 308 g/mol. The van der Waals surface area contributed by atoms with E-state index >= 15 is 0 Å². The molecule has 130 valence electrons. The van der Waals surface area contributed by atoms with Gasteiger partial charge in [-0.2, -0.15) is 0 Å². The molecule has 0 spiro atoms. The number of hydrogen-bond donors (Lipinski definition) is 2. The summed E-state index contributed by atoms with van der Waals surface area (Å²) in [5.41, 5.74) is 1.47. The average Bonchev–Trinajstić information content (AvgIpc) is 3.16. The molecule has 1 amide bonds. The van der Waals surface area contributed by atoms with Crippen LogP contribution in [0.25, 0.3) is 0 Å². The Labute approximate surface area is 141 Å². The van der Waals surface area contributed by atoms with Gasteiger partial charge in [0.15, 0.2) is 0 Å². The summed E-state index contributed by atoms with van der Waals surface area (Å²) in [6, 6.07) is 0. The van der Waals surface area contributed by atoms with Crippen molar-refractivity contribution in [2.75, 3.05) is 6.54 Å². The highest BCUT2D eigenvalue weighted by Gasteiger charge is 2.36. The Kier molecular flexibility index (Phi) is 4.45. The van der Waals surface area contributed by atoms with E-state index < -0.39 is 6.10 Å². The minimum absolute atomic E-state index is 0.0178. The number of aliphatic hydroxyl groups excluding tert-OH is 1. The Hall–Kier alpha value is -2.15. The molecule has 7 heteroatoms. The first-order chi connectivity index (χ1) is 11.4. The minimum Gasteiger partial charge on any atom is -0.466 e. The van der Waals surface area contributed by atoms with E-state index in [-0.39, 0.29) is 17.7 Å². The molecule has 2 aromatic rings. The van der Waals surface area contributed by atoms with Crippen molar-refractivity contribution in [2.45, 2.75) is 45.6 Å². The fourth-order valence-electron chi connectivity index (χ4n) is 3.63. The monoisotopic (exact) mass is 332 g/mol. The number of nitrogens with zero attached hydrogens (tertiary/aromatic N) is 3. The number of hydrogen-bond acceptors (Lipinski definition) is 5. The average molecular weight is 332 g/mol. The van der Waals surface area contributed by atoms with Crippen LogP contribution in [0.5, 0.6) is 0 Å². The standard InChI is InChI=1S/C17H24N4O3/c1-9-10(2)24-11(3)15(9)17(23)18-7-13-5-12(6-14(13)22)16-20-19-8-21(16)4/h8,12-14,22H,5-7H2,1-4H3,(H,18,23)/t12-,13+,14+/m0/s1. The van der Waals surface area contributed by atoms with Gasteiger partial charge in [0.1, 0.15) is 23.7 Å². The Morgan fingerprint density at radius 1 is 1.38 bits per heavy atom. The van der Waals surface area contributed by atoms with Crippen LogP contribution in [-0.4, -0.2) is 38.4 Å².